The lowest BCUT2D eigenvalue weighted by molar-refractivity contribution is 0.528. The van der Waals surface area contributed by atoms with Gasteiger partial charge < -0.3 is 10.6 Å². The minimum atomic E-state index is -0.347. The molecule has 1 saturated heterocycles. The molecule has 0 radical (unpaired) electrons. The SMILES string of the molecule is Cc1cc(Nc2ncc(F)c(C[C@H]3CCNC3)n2)n[nH]1. The maximum Gasteiger partial charge on any atom is 0.228 e. The maximum absolute atomic E-state index is 13.8. The fraction of sp³-hybridized carbons (Fsp3) is 0.462. The number of anilines is 2. The number of rotatable bonds is 4. The van der Waals surface area contributed by atoms with Crippen molar-refractivity contribution < 1.29 is 4.39 Å². The fourth-order valence-corrected chi connectivity index (χ4v) is 2.36. The summed E-state index contributed by atoms with van der Waals surface area (Å²) in [5.41, 5.74) is 1.40. The van der Waals surface area contributed by atoms with Crippen LogP contribution in [-0.2, 0) is 6.42 Å². The summed E-state index contributed by atoms with van der Waals surface area (Å²) in [5.74, 6) is 1.10. The average Bonchev–Trinajstić information content (AvgIpc) is 3.06. The second-order valence-electron chi connectivity index (χ2n) is 5.11. The summed E-state index contributed by atoms with van der Waals surface area (Å²) in [6.07, 6.45) is 2.91. The van der Waals surface area contributed by atoms with Crippen molar-refractivity contribution >= 4 is 11.8 Å². The number of hydrogen-bond donors (Lipinski definition) is 3. The third kappa shape index (κ3) is 2.93. The summed E-state index contributed by atoms with van der Waals surface area (Å²) in [5, 5.41) is 13.1. The van der Waals surface area contributed by atoms with Crippen LogP contribution in [0.25, 0.3) is 0 Å². The topological polar surface area (TPSA) is 78.5 Å². The Morgan fingerprint density at radius 1 is 1.50 bits per heavy atom. The van der Waals surface area contributed by atoms with Gasteiger partial charge in [-0.25, -0.2) is 14.4 Å². The van der Waals surface area contributed by atoms with Crippen LogP contribution in [0, 0.1) is 18.7 Å². The quantitative estimate of drug-likeness (QED) is 0.789. The second kappa shape index (κ2) is 5.54. The molecule has 2 aromatic heterocycles. The standard InChI is InChI=1S/C13H17FN6/c1-8-4-12(20-19-8)18-13-16-7-10(14)11(17-13)5-9-2-3-15-6-9/h4,7,9,15H,2-3,5-6H2,1H3,(H2,16,17,18,19,20)/t9-/m1/s1. The molecule has 20 heavy (non-hydrogen) atoms. The number of aryl methyl sites for hydroxylation is 1. The van der Waals surface area contributed by atoms with Crippen molar-refractivity contribution in [3.05, 3.63) is 29.5 Å². The van der Waals surface area contributed by atoms with Crippen LogP contribution in [0.2, 0.25) is 0 Å². The van der Waals surface area contributed by atoms with E-state index < -0.39 is 0 Å². The van der Waals surface area contributed by atoms with Gasteiger partial charge in [-0.15, -0.1) is 0 Å². The Labute approximate surface area is 116 Å². The van der Waals surface area contributed by atoms with E-state index in [1.165, 1.54) is 6.20 Å². The Balaban J connectivity index is 1.75. The van der Waals surface area contributed by atoms with Gasteiger partial charge in [0.2, 0.25) is 5.95 Å². The van der Waals surface area contributed by atoms with Crippen LogP contribution in [0.1, 0.15) is 17.8 Å². The highest BCUT2D eigenvalue weighted by atomic mass is 19.1. The first-order chi connectivity index (χ1) is 9.70. The Hall–Kier alpha value is -2.02. The second-order valence-corrected chi connectivity index (χ2v) is 5.11. The van der Waals surface area contributed by atoms with Crippen LogP contribution in [0.15, 0.2) is 12.3 Å². The van der Waals surface area contributed by atoms with E-state index in [0.717, 1.165) is 25.2 Å². The summed E-state index contributed by atoms with van der Waals surface area (Å²) in [4.78, 5) is 8.21. The summed E-state index contributed by atoms with van der Waals surface area (Å²) in [7, 11) is 0. The number of hydrogen-bond acceptors (Lipinski definition) is 5. The minimum absolute atomic E-state index is 0.347. The number of halogens is 1. The van der Waals surface area contributed by atoms with Crippen molar-refractivity contribution in [2.75, 3.05) is 18.4 Å². The predicted octanol–water partition coefficient (Wildman–Crippen LogP) is 1.54. The van der Waals surface area contributed by atoms with E-state index in [1.807, 2.05) is 13.0 Å². The van der Waals surface area contributed by atoms with Gasteiger partial charge >= 0.3 is 0 Å². The first-order valence-corrected chi connectivity index (χ1v) is 6.72. The molecule has 0 saturated carbocycles. The molecule has 0 amide bonds. The van der Waals surface area contributed by atoms with Crippen molar-refractivity contribution in [2.24, 2.45) is 5.92 Å². The van der Waals surface area contributed by atoms with Crippen molar-refractivity contribution in [1.29, 1.82) is 0 Å². The molecule has 0 aromatic carbocycles. The van der Waals surface area contributed by atoms with Crippen LogP contribution < -0.4 is 10.6 Å². The van der Waals surface area contributed by atoms with Gasteiger partial charge in [0.1, 0.15) is 0 Å². The van der Waals surface area contributed by atoms with Crippen molar-refractivity contribution in [1.82, 2.24) is 25.5 Å². The zero-order chi connectivity index (χ0) is 13.9. The Bertz CT molecular complexity index is 590. The van der Waals surface area contributed by atoms with E-state index in [4.69, 9.17) is 0 Å². The molecular formula is C13H17FN6. The molecule has 2 aromatic rings. The number of nitrogens with one attached hydrogen (secondary N) is 3. The smallest absolute Gasteiger partial charge is 0.228 e. The van der Waals surface area contributed by atoms with Gasteiger partial charge in [0.25, 0.3) is 0 Å². The van der Waals surface area contributed by atoms with Gasteiger partial charge in [-0.3, -0.25) is 5.10 Å². The molecule has 0 spiro atoms. The van der Waals surface area contributed by atoms with E-state index in [2.05, 4.69) is 30.8 Å². The van der Waals surface area contributed by atoms with E-state index in [1.54, 1.807) is 0 Å². The third-order valence-corrected chi connectivity index (χ3v) is 3.41. The van der Waals surface area contributed by atoms with Gasteiger partial charge in [0, 0.05) is 11.8 Å². The monoisotopic (exact) mass is 276 g/mol. The van der Waals surface area contributed by atoms with Gasteiger partial charge in [-0.1, -0.05) is 0 Å². The number of aromatic nitrogens is 4. The lowest BCUT2D eigenvalue weighted by atomic mass is 10.0. The molecule has 3 rings (SSSR count). The minimum Gasteiger partial charge on any atom is -0.316 e. The lowest BCUT2D eigenvalue weighted by Crippen LogP contribution is -2.13. The van der Waals surface area contributed by atoms with E-state index in [-0.39, 0.29) is 5.82 Å². The van der Waals surface area contributed by atoms with Crippen molar-refractivity contribution in [3.8, 4) is 0 Å². The molecule has 3 N–H and O–H groups in total. The largest absolute Gasteiger partial charge is 0.316 e. The highest BCUT2D eigenvalue weighted by molar-refractivity contribution is 5.47. The molecule has 0 aliphatic carbocycles. The van der Waals surface area contributed by atoms with Gasteiger partial charge in [0.15, 0.2) is 11.6 Å². The van der Waals surface area contributed by atoms with E-state index >= 15 is 0 Å². The number of aromatic amines is 1. The summed E-state index contributed by atoms with van der Waals surface area (Å²) >= 11 is 0. The molecular weight excluding hydrogens is 259 g/mol. The number of H-pyrrole nitrogens is 1. The molecule has 6 nitrogen and oxygen atoms in total. The Morgan fingerprint density at radius 3 is 3.10 bits per heavy atom. The average molecular weight is 276 g/mol. The van der Waals surface area contributed by atoms with Crippen molar-refractivity contribution in [3.63, 3.8) is 0 Å². The van der Waals surface area contributed by atoms with E-state index in [9.17, 15) is 4.39 Å². The predicted molar refractivity (Wildman–Crippen MR) is 73.3 cm³/mol. The molecule has 106 valence electrons. The van der Waals surface area contributed by atoms with E-state index in [0.29, 0.717) is 29.8 Å². The molecule has 3 heterocycles. The van der Waals surface area contributed by atoms with Crippen LogP contribution in [0.5, 0.6) is 0 Å². The third-order valence-electron chi connectivity index (χ3n) is 3.41. The lowest BCUT2D eigenvalue weighted by Gasteiger charge is -2.09. The first-order valence-electron chi connectivity index (χ1n) is 6.72. The molecule has 1 aliphatic rings. The van der Waals surface area contributed by atoms with Crippen LogP contribution in [0.3, 0.4) is 0 Å². The highest BCUT2D eigenvalue weighted by Gasteiger charge is 2.18. The van der Waals surface area contributed by atoms with Crippen LogP contribution >= 0.6 is 0 Å². The normalized spacial score (nSPS) is 18.4. The summed E-state index contributed by atoms with van der Waals surface area (Å²) in [6.45, 7) is 3.82. The Kier molecular flexibility index (Phi) is 3.60. The Morgan fingerprint density at radius 2 is 2.40 bits per heavy atom. The maximum atomic E-state index is 13.8. The van der Waals surface area contributed by atoms with Gasteiger partial charge in [0.05, 0.1) is 11.9 Å². The highest BCUT2D eigenvalue weighted by Crippen LogP contribution is 2.18. The zero-order valence-corrected chi connectivity index (χ0v) is 11.3. The summed E-state index contributed by atoms with van der Waals surface area (Å²) < 4.78 is 13.8. The van der Waals surface area contributed by atoms with Crippen molar-refractivity contribution in [2.45, 2.75) is 19.8 Å². The molecule has 1 fully saturated rings. The molecule has 0 bridgehead atoms. The molecule has 1 aliphatic heterocycles. The van der Waals surface area contributed by atoms with Crippen LogP contribution in [0.4, 0.5) is 16.2 Å². The molecule has 0 unspecified atom stereocenters. The van der Waals surface area contributed by atoms with Gasteiger partial charge in [-0.2, -0.15) is 5.10 Å². The first kappa shape index (κ1) is 13.0. The van der Waals surface area contributed by atoms with Crippen LogP contribution in [-0.4, -0.2) is 33.3 Å². The van der Waals surface area contributed by atoms with Gasteiger partial charge in [-0.05, 0) is 38.8 Å². The number of nitrogens with zero attached hydrogens (tertiary/aromatic N) is 3. The zero-order valence-electron chi connectivity index (χ0n) is 11.3. The molecule has 1 atom stereocenters. The summed E-state index contributed by atoms with van der Waals surface area (Å²) in [6, 6.07) is 1.84. The fourth-order valence-electron chi connectivity index (χ4n) is 2.36. The molecule has 7 heteroatoms.